The number of allylic oxidation sites excluding steroid dienone is 2. The highest BCUT2D eigenvalue weighted by Gasteiger charge is 2.34. The maximum atomic E-state index is 12.8. The second kappa shape index (κ2) is 7.99. The predicted molar refractivity (Wildman–Crippen MR) is 112 cm³/mol. The molecule has 25 heavy (non-hydrogen) atoms. The lowest BCUT2D eigenvalue weighted by Gasteiger charge is -2.17. The van der Waals surface area contributed by atoms with Crippen LogP contribution in [0.3, 0.4) is 0 Å². The van der Waals surface area contributed by atoms with E-state index in [0.29, 0.717) is 20.7 Å². The van der Waals surface area contributed by atoms with E-state index in [4.69, 9.17) is 17.0 Å². The van der Waals surface area contributed by atoms with Crippen molar-refractivity contribution in [3.05, 3.63) is 75.6 Å². The molecule has 3 rings (SSSR count). The van der Waals surface area contributed by atoms with Gasteiger partial charge in [-0.05, 0) is 29.8 Å². The number of carbonyl (C=O) groups is 1. The van der Waals surface area contributed by atoms with E-state index in [1.165, 1.54) is 16.7 Å². The molecule has 0 saturated carbocycles. The highest BCUT2D eigenvalue weighted by atomic mass is 79.9. The number of benzene rings is 2. The number of anilines is 1. The van der Waals surface area contributed by atoms with Crippen LogP contribution in [0.25, 0.3) is 6.08 Å². The third-order valence-corrected chi connectivity index (χ3v) is 5.25. The van der Waals surface area contributed by atoms with Crippen LogP contribution in [0.4, 0.5) is 5.69 Å². The van der Waals surface area contributed by atoms with Gasteiger partial charge in [-0.1, -0.05) is 82.4 Å². The Bertz CT molecular complexity index is 878. The predicted octanol–water partition coefficient (Wildman–Crippen LogP) is 5.38. The Hall–Kier alpha value is -1.89. The molecule has 2 aromatic carbocycles. The molecule has 0 N–H and O–H groups in total. The molecule has 1 saturated heterocycles. The van der Waals surface area contributed by atoms with Gasteiger partial charge in [-0.15, -0.1) is 0 Å². The average Bonchev–Trinajstić information content (AvgIpc) is 2.89. The van der Waals surface area contributed by atoms with Crippen molar-refractivity contribution in [2.75, 3.05) is 12.0 Å². The summed E-state index contributed by atoms with van der Waals surface area (Å²) in [6.07, 6.45) is 3.75. The zero-order valence-corrected chi connectivity index (χ0v) is 16.5. The number of methoxy groups -OCH3 is 1. The van der Waals surface area contributed by atoms with Crippen molar-refractivity contribution in [3.63, 3.8) is 0 Å². The van der Waals surface area contributed by atoms with E-state index >= 15 is 0 Å². The minimum absolute atomic E-state index is 0.155. The molecule has 0 aliphatic carbocycles. The van der Waals surface area contributed by atoms with Crippen LogP contribution in [0.1, 0.15) is 5.56 Å². The molecule has 0 bridgehead atoms. The fraction of sp³-hybridized carbons (Fsp3) is 0.0526. The van der Waals surface area contributed by atoms with Gasteiger partial charge in [-0.2, -0.15) is 0 Å². The molecule has 0 radical (unpaired) electrons. The van der Waals surface area contributed by atoms with Gasteiger partial charge in [-0.25, -0.2) is 0 Å². The topological polar surface area (TPSA) is 29.5 Å². The summed E-state index contributed by atoms with van der Waals surface area (Å²) in [5, 5.41) is 0. The van der Waals surface area contributed by atoms with Gasteiger partial charge in [0.05, 0.1) is 17.7 Å². The highest BCUT2D eigenvalue weighted by Crippen LogP contribution is 2.39. The van der Waals surface area contributed by atoms with Crippen LogP contribution in [0.2, 0.25) is 0 Å². The van der Waals surface area contributed by atoms with Crippen molar-refractivity contribution in [3.8, 4) is 5.75 Å². The van der Waals surface area contributed by atoms with Crippen molar-refractivity contribution >= 4 is 61.9 Å². The summed E-state index contributed by atoms with van der Waals surface area (Å²) in [7, 11) is 1.57. The second-order valence-electron chi connectivity index (χ2n) is 5.13. The van der Waals surface area contributed by atoms with Crippen molar-refractivity contribution in [1.29, 1.82) is 0 Å². The van der Waals surface area contributed by atoms with Gasteiger partial charge in [0.1, 0.15) is 5.75 Å². The largest absolute Gasteiger partial charge is 0.495 e. The molecule has 0 aromatic heterocycles. The normalized spacial score (nSPS) is 16.6. The molecule has 1 fully saturated rings. The average molecular weight is 432 g/mol. The number of thioether (sulfide) groups is 1. The molecule has 1 aliphatic rings. The number of halogens is 1. The summed E-state index contributed by atoms with van der Waals surface area (Å²) in [6.45, 7) is 0. The SMILES string of the molecule is COc1ccccc1N1C(=O)C(=CC(Br)=Cc2ccccc2)SC1=S. The van der Waals surface area contributed by atoms with Gasteiger partial charge in [0.2, 0.25) is 0 Å². The van der Waals surface area contributed by atoms with Crippen LogP contribution < -0.4 is 9.64 Å². The molecule has 0 unspecified atom stereocenters. The first-order valence-electron chi connectivity index (χ1n) is 7.43. The maximum Gasteiger partial charge on any atom is 0.270 e. The van der Waals surface area contributed by atoms with E-state index in [1.54, 1.807) is 13.2 Å². The first kappa shape index (κ1) is 17.9. The molecule has 1 amide bonds. The molecule has 0 atom stereocenters. The number of thiocarbonyl (C=S) groups is 1. The van der Waals surface area contributed by atoms with Gasteiger partial charge in [-0.3, -0.25) is 9.69 Å². The fourth-order valence-electron chi connectivity index (χ4n) is 2.37. The van der Waals surface area contributed by atoms with Crippen LogP contribution in [-0.2, 0) is 4.79 Å². The fourth-order valence-corrected chi connectivity index (χ4v) is 4.29. The molecular weight excluding hydrogens is 418 g/mol. The summed E-state index contributed by atoms with van der Waals surface area (Å²) in [5.41, 5.74) is 1.70. The van der Waals surface area contributed by atoms with E-state index in [1.807, 2.05) is 60.7 Å². The second-order valence-corrected chi connectivity index (χ2v) is 7.72. The Morgan fingerprint density at radius 1 is 1.16 bits per heavy atom. The van der Waals surface area contributed by atoms with Gasteiger partial charge < -0.3 is 4.74 Å². The van der Waals surface area contributed by atoms with Gasteiger partial charge in [0, 0.05) is 4.48 Å². The lowest BCUT2D eigenvalue weighted by Crippen LogP contribution is -2.27. The minimum atomic E-state index is -0.155. The summed E-state index contributed by atoms with van der Waals surface area (Å²) < 4.78 is 6.64. The molecule has 1 aliphatic heterocycles. The van der Waals surface area contributed by atoms with E-state index in [2.05, 4.69) is 15.9 Å². The number of para-hydroxylation sites is 2. The lowest BCUT2D eigenvalue weighted by molar-refractivity contribution is -0.113. The Morgan fingerprint density at radius 3 is 2.56 bits per heavy atom. The van der Waals surface area contributed by atoms with Crippen LogP contribution in [0, 0.1) is 0 Å². The number of nitrogens with zero attached hydrogens (tertiary/aromatic N) is 1. The van der Waals surface area contributed by atoms with Crippen LogP contribution >= 0.6 is 39.9 Å². The molecule has 1 heterocycles. The molecule has 0 spiro atoms. The number of ether oxygens (including phenoxy) is 1. The Morgan fingerprint density at radius 2 is 1.84 bits per heavy atom. The standard InChI is InChI=1S/C19H14BrNO2S2/c1-23-16-10-6-5-9-15(16)21-18(22)17(25-19(21)24)12-14(20)11-13-7-3-2-4-8-13/h2-12H,1H3. The van der Waals surface area contributed by atoms with Crippen molar-refractivity contribution in [2.45, 2.75) is 0 Å². The third-order valence-electron chi connectivity index (χ3n) is 3.49. The highest BCUT2D eigenvalue weighted by molar-refractivity contribution is 9.12. The Balaban J connectivity index is 1.90. The maximum absolute atomic E-state index is 12.8. The summed E-state index contributed by atoms with van der Waals surface area (Å²) in [4.78, 5) is 14.9. The quantitative estimate of drug-likeness (QED) is 0.479. The molecule has 3 nitrogen and oxygen atoms in total. The number of rotatable bonds is 4. The molecular formula is C19H14BrNO2S2. The number of carbonyl (C=O) groups excluding carboxylic acids is 1. The Kier molecular flexibility index (Phi) is 5.73. The van der Waals surface area contributed by atoms with E-state index in [0.717, 1.165) is 10.0 Å². The van der Waals surface area contributed by atoms with Crippen molar-refractivity contribution in [2.24, 2.45) is 0 Å². The van der Waals surface area contributed by atoms with Gasteiger partial charge in [0.25, 0.3) is 5.91 Å². The van der Waals surface area contributed by atoms with Crippen LogP contribution in [0.5, 0.6) is 5.75 Å². The minimum Gasteiger partial charge on any atom is -0.495 e. The third kappa shape index (κ3) is 4.03. The van der Waals surface area contributed by atoms with Crippen molar-refractivity contribution in [1.82, 2.24) is 0 Å². The van der Waals surface area contributed by atoms with E-state index < -0.39 is 0 Å². The summed E-state index contributed by atoms with van der Waals surface area (Å²) in [6, 6.07) is 17.2. The first-order chi connectivity index (χ1) is 12.1. The zero-order valence-electron chi connectivity index (χ0n) is 13.3. The molecule has 6 heteroatoms. The smallest absolute Gasteiger partial charge is 0.270 e. The van der Waals surface area contributed by atoms with Crippen molar-refractivity contribution < 1.29 is 9.53 Å². The molecule has 126 valence electrons. The zero-order chi connectivity index (χ0) is 17.8. The first-order valence-corrected chi connectivity index (χ1v) is 9.45. The molecule has 2 aromatic rings. The van der Waals surface area contributed by atoms with E-state index in [9.17, 15) is 4.79 Å². The monoisotopic (exact) mass is 431 g/mol. The van der Waals surface area contributed by atoms with Crippen LogP contribution in [-0.4, -0.2) is 17.3 Å². The Labute approximate surface area is 164 Å². The number of amides is 1. The number of hydrogen-bond donors (Lipinski definition) is 0. The summed E-state index contributed by atoms with van der Waals surface area (Å²) in [5.74, 6) is 0.455. The number of hydrogen-bond acceptors (Lipinski definition) is 4. The van der Waals surface area contributed by atoms with Gasteiger partial charge >= 0.3 is 0 Å². The van der Waals surface area contributed by atoms with Crippen LogP contribution in [0.15, 0.2) is 70.1 Å². The van der Waals surface area contributed by atoms with Gasteiger partial charge in [0.15, 0.2) is 4.32 Å². The summed E-state index contributed by atoms with van der Waals surface area (Å²) >= 11 is 10.2. The lowest BCUT2D eigenvalue weighted by atomic mass is 10.2. The van der Waals surface area contributed by atoms with E-state index in [-0.39, 0.29) is 5.91 Å².